The van der Waals surface area contributed by atoms with Crippen LogP contribution in [0.4, 0.5) is 10.6 Å². The summed E-state index contributed by atoms with van der Waals surface area (Å²) in [5.74, 6) is -0.922. The van der Waals surface area contributed by atoms with Crippen LogP contribution in [0.1, 0.15) is 29.2 Å². The summed E-state index contributed by atoms with van der Waals surface area (Å²) in [6.07, 6.45) is 4.49. The molecule has 0 saturated carbocycles. The summed E-state index contributed by atoms with van der Waals surface area (Å²) in [6.45, 7) is 2.31. The number of nitrogens with zero attached hydrogens (tertiary/aromatic N) is 7. The van der Waals surface area contributed by atoms with Crippen molar-refractivity contribution in [1.82, 2.24) is 39.8 Å². The van der Waals surface area contributed by atoms with Crippen LogP contribution in [0.3, 0.4) is 0 Å². The van der Waals surface area contributed by atoms with Gasteiger partial charge < -0.3 is 24.6 Å². The Morgan fingerprint density at radius 3 is 2.73 bits per heavy atom. The predicted molar refractivity (Wildman–Crippen MR) is 138 cm³/mol. The number of hydrogen-bond donors (Lipinski definition) is 3. The molecule has 2 aliphatic rings. The minimum atomic E-state index is -1.16. The second-order valence-electron chi connectivity index (χ2n) is 9.04. The number of imidazole rings is 1. The first-order valence-electron chi connectivity index (χ1n) is 12.6. The van der Waals surface area contributed by atoms with Crippen LogP contribution >= 0.6 is 0 Å². The maximum atomic E-state index is 12.1. The van der Waals surface area contributed by atoms with Crippen LogP contribution in [-0.4, -0.2) is 82.8 Å². The molecule has 0 aliphatic carbocycles. The van der Waals surface area contributed by atoms with Gasteiger partial charge in [-0.2, -0.15) is 0 Å². The molecule has 4 aromatic rings. The Morgan fingerprint density at radius 1 is 1.10 bits per heavy atom. The Balaban J connectivity index is 1.31. The molecule has 0 radical (unpaired) electrons. The number of benzene rings is 1. The van der Waals surface area contributed by atoms with Gasteiger partial charge in [-0.15, -0.1) is 5.10 Å². The third kappa shape index (κ3) is 4.88. The van der Waals surface area contributed by atoms with Gasteiger partial charge in [0.05, 0.1) is 19.1 Å². The van der Waals surface area contributed by atoms with Gasteiger partial charge in [0, 0.05) is 6.54 Å². The molecule has 15 nitrogen and oxygen atoms in total. The van der Waals surface area contributed by atoms with Crippen molar-refractivity contribution >= 4 is 35.1 Å². The van der Waals surface area contributed by atoms with Crippen molar-refractivity contribution in [3.05, 3.63) is 66.5 Å². The first-order valence-corrected chi connectivity index (χ1v) is 12.6. The van der Waals surface area contributed by atoms with E-state index in [1.165, 1.54) is 23.5 Å². The maximum Gasteiger partial charge on any atom is 0.355 e. The third-order valence-corrected chi connectivity index (χ3v) is 6.51. The molecule has 40 heavy (non-hydrogen) atoms. The number of hydrogen-bond acceptors (Lipinski definition) is 10. The average molecular weight is 548 g/mol. The second kappa shape index (κ2) is 10.8. The van der Waals surface area contributed by atoms with Gasteiger partial charge in [0.2, 0.25) is 0 Å². The molecule has 2 fully saturated rings. The van der Waals surface area contributed by atoms with Crippen LogP contribution in [-0.2, 0) is 20.8 Å². The Hall–Kier alpha value is -4.73. The van der Waals surface area contributed by atoms with E-state index in [1.54, 1.807) is 11.5 Å². The highest BCUT2D eigenvalue weighted by molar-refractivity contribution is 5.95. The molecule has 3 N–H and O–H groups in total. The Labute approximate surface area is 226 Å². The molecule has 206 valence electrons. The van der Waals surface area contributed by atoms with Gasteiger partial charge in [0.15, 0.2) is 35.2 Å². The number of fused-ring (bicyclic) bond motifs is 2. The monoisotopic (exact) mass is 547 g/mol. The van der Waals surface area contributed by atoms with Crippen molar-refractivity contribution in [2.75, 3.05) is 11.9 Å². The highest BCUT2D eigenvalue weighted by Crippen LogP contribution is 2.41. The molecule has 2 amide bonds. The molecule has 15 heteroatoms. The Morgan fingerprint density at radius 2 is 1.93 bits per heavy atom. The van der Waals surface area contributed by atoms with Crippen LogP contribution in [0.5, 0.6) is 0 Å². The second-order valence-corrected chi connectivity index (χ2v) is 9.04. The lowest BCUT2D eigenvalue weighted by atomic mass is 10.1. The van der Waals surface area contributed by atoms with Crippen molar-refractivity contribution in [2.24, 2.45) is 0 Å². The summed E-state index contributed by atoms with van der Waals surface area (Å²) in [6, 6.07) is 9.30. The fourth-order valence-electron chi connectivity index (χ4n) is 4.75. The highest BCUT2D eigenvalue weighted by Gasteiger charge is 2.53. The van der Waals surface area contributed by atoms with E-state index in [9.17, 15) is 14.7 Å². The molecule has 0 bridgehead atoms. The Bertz CT molecular complexity index is 1550. The normalized spacial score (nSPS) is 24.0. The quantitative estimate of drug-likeness (QED) is 0.292. The van der Waals surface area contributed by atoms with Gasteiger partial charge >= 0.3 is 12.0 Å². The minimum Gasteiger partial charge on any atom is -0.476 e. The number of carbonyl (C=O) groups excluding carboxylic acids is 1. The highest BCUT2D eigenvalue weighted by atomic mass is 16.8. The van der Waals surface area contributed by atoms with Crippen LogP contribution < -0.4 is 10.6 Å². The molecular formula is C25H25N9O6. The van der Waals surface area contributed by atoms with Crippen molar-refractivity contribution < 1.29 is 28.9 Å². The molecule has 3 aromatic heterocycles. The van der Waals surface area contributed by atoms with E-state index in [2.05, 4.69) is 35.9 Å². The summed E-state index contributed by atoms with van der Waals surface area (Å²) < 4.78 is 21.8. The van der Waals surface area contributed by atoms with Crippen molar-refractivity contribution in [3.8, 4) is 0 Å². The maximum absolute atomic E-state index is 12.1. The zero-order valence-electron chi connectivity index (χ0n) is 21.2. The number of carboxylic acid groups (broad SMARTS) is 1. The number of aromatic carboxylic acids is 1. The number of nitrogens with one attached hydrogen (secondary N) is 2. The van der Waals surface area contributed by atoms with Gasteiger partial charge in [-0.25, -0.2) is 29.2 Å². The smallest absolute Gasteiger partial charge is 0.355 e. The molecule has 5 atom stereocenters. The van der Waals surface area contributed by atoms with E-state index in [1.807, 2.05) is 42.5 Å². The van der Waals surface area contributed by atoms with Gasteiger partial charge in [-0.1, -0.05) is 41.6 Å². The molecule has 5 unspecified atom stereocenters. The standard InChI is InChI=1S/C25H25N9O6/c1-2-26-25(37)31-21-18-22(28-12-27-21)33(13-29-18)23-20-19(16(38-23)11-34-15(24(35)36)10-30-32-34)39-17(40-20)9-8-14-6-4-3-5-7-14/h3-10,12-13,16-17,19-20,23H,2,11H2,1H3,(H,35,36)(H2,26,27,28,31,37). The van der Waals surface area contributed by atoms with E-state index in [-0.39, 0.29) is 18.1 Å². The molecule has 1 aromatic carbocycles. The number of aromatic nitrogens is 7. The molecule has 0 spiro atoms. The van der Waals surface area contributed by atoms with E-state index < -0.39 is 42.8 Å². The molecule has 6 rings (SSSR count). The molecule has 2 saturated heterocycles. The summed E-state index contributed by atoms with van der Waals surface area (Å²) >= 11 is 0. The van der Waals surface area contributed by atoms with E-state index in [0.717, 1.165) is 5.56 Å². The van der Waals surface area contributed by atoms with Crippen LogP contribution in [0, 0.1) is 0 Å². The van der Waals surface area contributed by atoms with Gasteiger partial charge in [-0.3, -0.25) is 9.88 Å². The fourth-order valence-corrected chi connectivity index (χ4v) is 4.75. The van der Waals surface area contributed by atoms with Gasteiger partial charge in [0.1, 0.15) is 24.6 Å². The van der Waals surface area contributed by atoms with Crippen LogP contribution in [0.15, 0.2) is 55.3 Å². The van der Waals surface area contributed by atoms with Crippen molar-refractivity contribution in [3.63, 3.8) is 0 Å². The number of carbonyl (C=O) groups is 2. The van der Waals surface area contributed by atoms with Crippen LogP contribution in [0.2, 0.25) is 0 Å². The molecule has 2 aliphatic heterocycles. The average Bonchev–Trinajstić information content (AvgIpc) is 3.73. The number of amides is 2. The summed E-state index contributed by atoms with van der Waals surface area (Å²) in [7, 11) is 0. The molecule has 5 heterocycles. The van der Waals surface area contributed by atoms with Crippen molar-refractivity contribution in [2.45, 2.75) is 44.3 Å². The first-order chi connectivity index (χ1) is 19.5. The number of anilines is 1. The summed E-state index contributed by atoms with van der Waals surface area (Å²) in [5, 5.41) is 22.5. The van der Waals surface area contributed by atoms with E-state index in [4.69, 9.17) is 14.2 Å². The van der Waals surface area contributed by atoms with E-state index >= 15 is 0 Å². The predicted octanol–water partition coefficient (Wildman–Crippen LogP) is 1.68. The summed E-state index contributed by atoms with van der Waals surface area (Å²) in [4.78, 5) is 36.7. The fraction of sp³-hybridized carbons (Fsp3) is 0.320. The van der Waals surface area contributed by atoms with E-state index in [0.29, 0.717) is 17.7 Å². The minimum absolute atomic E-state index is 0.0589. The zero-order chi connectivity index (χ0) is 27.6. The molecular weight excluding hydrogens is 522 g/mol. The zero-order valence-corrected chi connectivity index (χ0v) is 21.2. The lowest BCUT2D eigenvalue weighted by Gasteiger charge is -2.20. The van der Waals surface area contributed by atoms with Gasteiger partial charge in [0.25, 0.3) is 0 Å². The largest absolute Gasteiger partial charge is 0.476 e. The SMILES string of the molecule is CCNC(=O)Nc1ncnc2c1ncn2C1OC(Cn2nncc2C(=O)O)C2OC(C=Cc3ccccc3)OC21. The first kappa shape index (κ1) is 25.5. The van der Waals surface area contributed by atoms with Gasteiger partial charge in [-0.05, 0) is 18.6 Å². The van der Waals surface area contributed by atoms with Crippen LogP contribution in [0.25, 0.3) is 17.2 Å². The lowest BCUT2D eigenvalue weighted by molar-refractivity contribution is -0.128. The number of carboxylic acids is 1. The number of ether oxygens (including phenoxy) is 3. The lowest BCUT2D eigenvalue weighted by Crippen LogP contribution is -2.33. The number of rotatable bonds is 8. The topological polar surface area (TPSA) is 180 Å². The van der Waals surface area contributed by atoms with Crippen molar-refractivity contribution in [1.29, 1.82) is 0 Å². The summed E-state index contributed by atoms with van der Waals surface area (Å²) in [5.41, 5.74) is 1.67. The number of urea groups is 1. The third-order valence-electron chi connectivity index (χ3n) is 6.51. The Kier molecular flexibility index (Phi) is 6.90.